The minimum Gasteiger partial charge on any atom is -0.480 e. The summed E-state index contributed by atoms with van der Waals surface area (Å²) in [6.45, 7) is 6.44. The minimum atomic E-state index is -1.56. The molecule has 0 aromatic heterocycles. The van der Waals surface area contributed by atoms with Gasteiger partial charge in [-0.05, 0) is 13.8 Å². The summed E-state index contributed by atoms with van der Waals surface area (Å²) in [5, 5.41) is 11.5. The van der Waals surface area contributed by atoms with Gasteiger partial charge in [0.15, 0.2) is 0 Å². The van der Waals surface area contributed by atoms with Gasteiger partial charge in [0.25, 0.3) is 0 Å². The molecule has 0 aromatic rings. The van der Waals surface area contributed by atoms with Crippen LogP contribution < -0.4 is 5.32 Å². The summed E-state index contributed by atoms with van der Waals surface area (Å²) in [6.07, 6.45) is -0.484. The molecule has 0 saturated carbocycles. The van der Waals surface area contributed by atoms with E-state index in [4.69, 9.17) is 9.47 Å². The average Bonchev–Trinajstić information content (AvgIpc) is 2.42. The summed E-state index contributed by atoms with van der Waals surface area (Å²) in [5.41, 5.74) is 0. The van der Waals surface area contributed by atoms with E-state index in [2.05, 4.69) is 5.32 Å². The highest BCUT2D eigenvalue weighted by atomic mass is 16.5. The molecular weight excluding hydrogens is 294 g/mol. The van der Waals surface area contributed by atoms with Crippen LogP contribution in [-0.2, 0) is 28.7 Å². The van der Waals surface area contributed by atoms with Gasteiger partial charge in [0.1, 0.15) is 6.04 Å². The standard InChI is InChI=1S/C14H23NO7/c1-5-21-10(16)7-9(14(20)22-6-2)11(13(18)19)15-12(17)8(3)4/h8-9,11H,5-7H2,1-4H3,(H,15,17)(H,18,19)/t9-,11-/m0/s1. The summed E-state index contributed by atoms with van der Waals surface area (Å²) in [7, 11) is 0. The van der Waals surface area contributed by atoms with E-state index in [0.717, 1.165) is 0 Å². The van der Waals surface area contributed by atoms with Crippen molar-refractivity contribution in [2.45, 2.75) is 40.2 Å². The van der Waals surface area contributed by atoms with Crippen LogP contribution in [0.25, 0.3) is 0 Å². The summed E-state index contributed by atoms with van der Waals surface area (Å²) >= 11 is 0. The van der Waals surface area contributed by atoms with Gasteiger partial charge in [-0.3, -0.25) is 14.4 Å². The number of hydrogen-bond acceptors (Lipinski definition) is 6. The lowest BCUT2D eigenvalue weighted by molar-refractivity contribution is -0.160. The van der Waals surface area contributed by atoms with E-state index in [9.17, 15) is 24.3 Å². The van der Waals surface area contributed by atoms with Crippen LogP contribution in [0.15, 0.2) is 0 Å². The Morgan fingerprint density at radius 2 is 1.59 bits per heavy atom. The van der Waals surface area contributed by atoms with Gasteiger partial charge in [-0.15, -0.1) is 0 Å². The molecule has 0 fully saturated rings. The van der Waals surface area contributed by atoms with E-state index >= 15 is 0 Å². The van der Waals surface area contributed by atoms with Crippen molar-refractivity contribution in [3.63, 3.8) is 0 Å². The fraction of sp³-hybridized carbons (Fsp3) is 0.714. The first-order chi connectivity index (χ1) is 10.2. The number of carbonyl (C=O) groups is 4. The number of aliphatic carboxylic acids is 1. The third-order valence-electron chi connectivity index (χ3n) is 2.77. The third-order valence-corrected chi connectivity index (χ3v) is 2.77. The van der Waals surface area contributed by atoms with Gasteiger partial charge in [-0.1, -0.05) is 13.8 Å². The fourth-order valence-corrected chi connectivity index (χ4v) is 1.64. The lowest BCUT2D eigenvalue weighted by Crippen LogP contribution is -2.50. The zero-order chi connectivity index (χ0) is 17.3. The summed E-state index contributed by atoms with van der Waals surface area (Å²) in [4.78, 5) is 46.6. The van der Waals surface area contributed by atoms with E-state index in [1.165, 1.54) is 0 Å². The topological polar surface area (TPSA) is 119 Å². The van der Waals surface area contributed by atoms with Gasteiger partial charge in [-0.2, -0.15) is 0 Å². The molecule has 8 heteroatoms. The molecule has 2 atom stereocenters. The molecule has 8 nitrogen and oxygen atoms in total. The van der Waals surface area contributed by atoms with Gasteiger partial charge in [0.2, 0.25) is 5.91 Å². The van der Waals surface area contributed by atoms with Crippen molar-refractivity contribution in [3.8, 4) is 0 Å². The number of hydrogen-bond donors (Lipinski definition) is 2. The van der Waals surface area contributed by atoms with Crippen LogP contribution in [0.2, 0.25) is 0 Å². The van der Waals surface area contributed by atoms with E-state index in [1.807, 2.05) is 0 Å². The number of nitrogens with one attached hydrogen (secondary N) is 1. The number of ether oxygens (including phenoxy) is 2. The van der Waals surface area contributed by atoms with Crippen molar-refractivity contribution in [2.75, 3.05) is 13.2 Å². The predicted molar refractivity (Wildman–Crippen MR) is 75.8 cm³/mol. The van der Waals surface area contributed by atoms with Gasteiger partial charge in [-0.25, -0.2) is 4.79 Å². The Labute approximate surface area is 129 Å². The molecule has 1 amide bonds. The number of carbonyl (C=O) groups excluding carboxylic acids is 3. The molecule has 0 radical (unpaired) electrons. The Morgan fingerprint density at radius 1 is 1.05 bits per heavy atom. The maximum atomic E-state index is 11.9. The van der Waals surface area contributed by atoms with Crippen LogP contribution in [0.3, 0.4) is 0 Å². The van der Waals surface area contributed by atoms with Crippen LogP contribution in [0, 0.1) is 11.8 Å². The molecule has 0 aliphatic rings. The molecule has 0 rings (SSSR count). The first kappa shape index (κ1) is 19.9. The molecule has 0 bridgehead atoms. The largest absolute Gasteiger partial charge is 0.480 e. The number of carboxylic acids is 1. The number of esters is 2. The van der Waals surface area contributed by atoms with Gasteiger partial charge >= 0.3 is 17.9 Å². The third kappa shape index (κ3) is 6.55. The van der Waals surface area contributed by atoms with Gasteiger partial charge in [0.05, 0.1) is 25.6 Å². The number of rotatable bonds is 9. The zero-order valence-electron chi connectivity index (χ0n) is 13.3. The Morgan fingerprint density at radius 3 is 2.00 bits per heavy atom. The van der Waals surface area contributed by atoms with Crippen LogP contribution in [-0.4, -0.2) is 48.2 Å². The highest BCUT2D eigenvalue weighted by Gasteiger charge is 2.38. The summed E-state index contributed by atoms with van der Waals surface area (Å²) in [5.74, 6) is -5.37. The first-order valence-corrected chi connectivity index (χ1v) is 7.09. The number of amides is 1. The second kappa shape index (κ2) is 9.75. The fourth-order valence-electron chi connectivity index (χ4n) is 1.64. The van der Waals surface area contributed by atoms with Crippen molar-refractivity contribution in [3.05, 3.63) is 0 Å². The maximum Gasteiger partial charge on any atom is 0.327 e. The quantitative estimate of drug-likeness (QED) is 0.589. The smallest absolute Gasteiger partial charge is 0.327 e. The van der Waals surface area contributed by atoms with Crippen LogP contribution in [0.1, 0.15) is 34.1 Å². The minimum absolute atomic E-state index is 0.0304. The van der Waals surface area contributed by atoms with Gasteiger partial charge in [0, 0.05) is 5.92 Å². The monoisotopic (exact) mass is 317 g/mol. The molecule has 0 aliphatic heterocycles. The van der Waals surface area contributed by atoms with E-state index in [1.54, 1.807) is 27.7 Å². The van der Waals surface area contributed by atoms with Crippen LogP contribution in [0.5, 0.6) is 0 Å². The van der Waals surface area contributed by atoms with Crippen molar-refractivity contribution in [2.24, 2.45) is 11.8 Å². The highest BCUT2D eigenvalue weighted by molar-refractivity contribution is 5.91. The Kier molecular flexibility index (Phi) is 8.81. The molecule has 0 heterocycles. The first-order valence-electron chi connectivity index (χ1n) is 7.09. The predicted octanol–water partition coefficient (Wildman–Crippen LogP) is 0.344. The Balaban J connectivity index is 5.27. The molecule has 0 saturated heterocycles. The molecule has 2 N–H and O–H groups in total. The van der Waals surface area contributed by atoms with Gasteiger partial charge < -0.3 is 19.9 Å². The molecule has 0 aromatic carbocycles. The molecular formula is C14H23NO7. The Bertz CT molecular complexity index is 419. The van der Waals surface area contributed by atoms with Crippen molar-refractivity contribution < 1.29 is 33.8 Å². The van der Waals surface area contributed by atoms with Crippen LogP contribution in [0.4, 0.5) is 0 Å². The van der Waals surface area contributed by atoms with Crippen molar-refractivity contribution in [1.82, 2.24) is 5.32 Å². The maximum absolute atomic E-state index is 11.9. The molecule has 126 valence electrons. The molecule has 0 unspecified atom stereocenters. The second-order valence-corrected chi connectivity index (χ2v) is 4.85. The highest BCUT2D eigenvalue weighted by Crippen LogP contribution is 2.14. The molecule has 0 spiro atoms. The second-order valence-electron chi connectivity index (χ2n) is 4.85. The van der Waals surface area contributed by atoms with Crippen LogP contribution >= 0.6 is 0 Å². The Hall–Kier alpha value is -2.12. The summed E-state index contributed by atoms with van der Waals surface area (Å²) < 4.78 is 9.53. The summed E-state index contributed by atoms with van der Waals surface area (Å²) in [6, 6.07) is -1.56. The zero-order valence-corrected chi connectivity index (χ0v) is 13.3. The van der Waals surface area contributed by atoms with E-state index < -0.39 is 48.1 Å². The molecule has 0 aliphatic carbocycles. The van der Waals surface area contributed by atoms with Crippen molar-refractivity contribution >= 4 is 23.8 Å². The lowest BCUT2D eigenvalue weighted by Gasteiger charge is -2.23. The SMILES string of the molecule is CCOC(=O)C[C@H](C(=O)OCC)[C@H](NC(=O)C(C)C)C(=O)O. The lowest BCUT2D eigenvalue weighted by atomic mass is 9.95. The van der Waals surface area contributed by atoms with E-state index in [0.29, 0.717) is 0 Å². The normalized spacial score (nSPS) is 13.1. The number of carboxylic acid groups (broad SMARTS) is 1. The average molecular weight is 317 g/mol. The van der Waals surface area contributed by atoms with Crippen molar-refractivity contribution in [1.29, 1.82) is 0 Å². The van der Waals surface area contributed by atoms with E-state index in [-0.39, 0.29) is 13.2 Å². The molecule has 22 heavy (non-hydrogen) atoms.